The van der Waals surface area contributed by atoms with Gasteiger partial charge in [0.05, 0.1) is 12.0 Å². The molecule has 0 radical (unpaired) electrons. The molecular formula is C20H19N5O3S. The first kappa shape index (κ1) is 19.0. The molecule has 0 bridgehead atoms. The summed E-state index contributed by atoms with van der Waals surface area (Å²) < 4.78 is 6.82. The molecule has 0 unspecified atom stereocenters. The van der Waals surface area contributed by atoms with Gasteiger partial charge in [-0.15, -0.1) is 0 Å². The van der Waals surface area contributed by atoms with E-state index in [-0.39, 0.29) is 17.2 Å². The quantitative estimate of drug-likeness (QED) is 0.342. The van der Waals surface area contributed by atoms with Crippen LogP contribution in [-0.2, 0) is 11.2 Å². The zero-order valence-electron chi connectivity index (χ0n) is 15.5. The summed E-state index contributed by atoms with van der Waals surface area (Å²) in [5, 5.41) is 6.02. The third kappa shape index (κ3) is 4.75. The van der Waals surface area contributed by atoms with Gasteiger partial charge in [0.15, 0.2) is 22.4 Å². The van der Waals surface area contributed by atoms with Gasteiger partial charge in [-0.1, -0.05) is 42.1 Å². The number of hydrogen-bond donors (Lipinski definition) is 2. The third-order valence-electron chi connectivity index (χ3n) is 4.21. The average molecular weight is 409 g/mol. The zero-order chi connectivity index (χ0) is 20.1. The number of thioether (sulfide) groups is 1. The average Bonchev–Trinajstić information content (AvgIpc) is 3.39. The predicted octanol–water partition coefficient (Wildman–Crippen LogP) is 2.52. The number of fused-ring (bicyclic) bond motifs is 1. The molecule has 9 heteroatoms. The Morgan fingerprint density at radius 2 is 2.03 bits per heavy atom. The SMILES string of the molecule is O=C(CSc1nc(-c2ccco2)nc2cc(=O)[nH]n12)NCCCc1ccccc1. The Hall–Kier alpha value is -3.33. The number of aromatic amines is 1. The molecule has 0 aliphatic carbocycles. The number of nitrogens with zero attached hydrogens (tertiary/aromatic N) is 3. The lowest BCUT2D eigenvalue weighted by molar-refractivity contribution is -0.118. The van der Waals surface area contributed by atoms with E-state index in [1.165, 1.54) is 34.2 Å². The Balaban J connectivity index is 1.37. The summed E-state index contributed by atoms with van der Waals surface area (Å²) in [7, 11) is 0. The van der Waals surface area contributed by atoms with Crippen LogP contribution in [-0.4, -0.2) is 37.8 Å². The van der Waals surface area contributed by atoms with E-state index in [0.29, 0.717) is 28.9 Å². The Morgan fingerprint density at radius 3 is 2.83 bits per heavy atom. The molecule has 8 nitrogen and oxygen atoms in total. The molecule has 1 aromatic carbocycles. The number of H-pyrrole nitrogens is 1. The van der Waals surface area contributed by atoms with Crippen molar-refractivity contribution in [3.8, 4) is 11.6 Å². The van der Waals surface area contributed by atoms with Crippen LogP contribution in [0, 0.1) is 0 Å². The highest BCUT2D eigenvalue weighted by Gasteiger charge is 2.14. The van der Waals surface area contributed by atoms with Gasteiger partial charge in [-0.25, -0.2) is 9.50 Å². The summed E-state index contributed by atoms with van der Waals surface area (Å²) in [5.41, 5.74) is 1.38. The number of furan rings is 1. The van der Waals surface area contributed by atoms with Gasteiger partial charge >= 0.3 is 0 Å². The van der Waals surface area contributed by atoms with Gasteiger partial charge in [-0.05, 0) is 30.5 Å². The molecule has 0 aliphatic heterocycles. The fourth-order valence-electron chi connectivity index (χ4n) is 2.84. The van der Waals surface area contributed by atoms with E-state index in [9.17, 15) is 9.59 Å². The van der Waals surface area contributed by atoms with Crippen LogP contribution in [0.3, 0.4) is 0 Å². The van der Waals surface area contributed by atoms with E-state index in [1.807, 2.05) is 18.2 Å². The van der Waals surface area contributed by atoms with Gasteiger partial charge < -0.3 is 9.73 Å². The number of hydrogen-bond acceptors (Lipinski definition) is 6. The lowest BCUT2D eigenvalue weighted by Crippen LogP contribution is -2.26. The van der Waals surface area contributed by atoms with Crippen molar-refractivity contribution in [3.63, 3.8) is 0 Å². The molecular weight excluding hydrogens is 390 g/mol. The van der Waals surface area contributed by atoms with Crippen LogP contribution in [0.15, 0.2) is 69.2 Å². The highest BCUT2D eigenvalue weighted by atomic mass is 32.2. The van der Waals surface area contributed by atoms with E-state index in [1.54, 1.807) is 12.1 Å². The van der Waals surface area contributed by atoms with Crippen LogP contribution in [0.4, 0.5) is 0 Å². The standard InChI is InChI=1S/C20H19N5O3S/c26-17-12-16-22-19(15-9-5-11-28-15)23-20(25(16)24-17)29-13-18(27)21-10-4-8-14-6-2-1-3-7-14/h1-3,5-7,9,11-12H,4,8,10,13H2,(H,21,27)(H,24,26). The molecule has 0 aliphatic rings. The zero-order valence-corrected chi connectivity index (χ0v) is 16.3. The van der Waals surface area contributed by atoms with Crippen molar-refractivity contribution in [1.82, 2.24) is 24.9 Å². The lowest BCUT2D eigenvalue weighted by Gasteiger charge is -2.07. The molecule has 1 amide bonds. The molecule has 0 saturated heterocycles. The number of rotatable bonds is 8. The maximum atomic E-state index is 12.2. The van der Waals surface area contributed by atoms with Crippen LogP contribution in [0.25, 0.3) is 17.2 Å². The van der Waals surface area contributed by atoms with Gasteiger partial charge in [-0.3, -0.25) is 14.7 Å². The molecule has 0 fully saturated rings. The Bertz CT molecular complexity index is 1150. The summed E-state index contributed by atoms with van der Waals surface area (Å²) >= 11 is 1.23. The van der Waals surface area contributed by atoms with E-state index in [4.69, 9.17) is 4.42 Å². The van der Waals surface area contributed by atoms with Gasteiger partial charge in [0.25, 0.3) is 5.56 Å². The second kappa shape index (κ2) is 8.78. The van der Waals surface area contributed by atoms with E-state index >= 15 is 0 Å². The van der Waals surface area contributed by atoms with Crippen molar-refractivity contribution in [2.24, 2.45) is 0 Å². The minimum atomic E-state index is -0.289. The fraction of sp³-hybridized carbons (Fsp3) is 0.200. The molecule has 148 valence electrons. The van der Waals surface area contributed by atoms with Crippen LogP contribution >= 0.6 is 11.8 Å². The van der Waals surface area contributed by atoms with Gasteiger partial charge in [0.2, 0.25) is 5.91 Å². The summed E-state index contributed by atoms with van der Waals surface area (Å²) in [5.74, 6) is 0.937. The Morgan fingerprint density at radius 1 is 1.17 bits per heavy atom. The number of carbonyl (C=O) groups is 1. The van der Waals surface area contributed by atoms with Gasteiger partial charge in [-0.2, -0.15) is 4.98 Å². The molecule has 2 N–H and O–H groups in total. The fourth-order valence-corrected chi connectivity index (χ4v) is 3.62. The third-order valence-corrected chi connectivity index (χ3v) is 5.14. The molecule has 4 rings (SSSR count). The van der Waals surface area contributed by atoms with Crippen molar-refractivity contribution in [3.05, 3.63) is 70.7 Å². The topological polar surface area (TPSA) is 105 Å². The molecule has 3 aromatic heterocycles. The van der Waals surface area contributed by atoms with Crippen molar-refractivity contribution in [2.45, 2.75) is 18.0 Å². The van der Waals surface area contributed by atoms with Gasteiger partial charge in [0.1, 0.15) is 0 Å². The highest BCUT2D eigenvalue weighted by molar-refractivity contribution is 7.99. The van der Waals surface area contributed by atoms with Crippen molar-refractivity contribution in [2.75, 3.05) is 12.3 Å². The number of amides is 1. The summed E-state index contributed by atoms with van der Waals surface area (Å²) in [6.07, 6.45) is 3.31. The first-order chi connectivity index (χ1) is 14.2. The normalized spacial score (nSPS) is 11.0. The van der Waals surface area contributed by atoms with Crippen molar-refractivity contribution < 1.29 is 9.21 Å². The molecule has 0 atom stereocenters. The monoisotopic (exact) mass is 409 g/mol. The van der Waals surface area contributed by atoms with Crippen molar-refractivity contribution >= 4 is 23.3 Å². The van der Waals surface area contributed by atoms with Crippen LogP contribution in [0.5, 0.6) is 0 Å². The smallest absolute Gasteiger partial charge is 0.266 e. The molecule has 3 heterocycles. The molecule has 0 saturated carbocycles. The number of aryl methyl sites for hydroxylation is 1. The predicted molar refractivity (Wildman–Crippen MR) is 110 cm³/mol. The van der Waals surface area contributed by atoms with Gasteiger partial charge in [0, 0.05) is 12.6 Å². The number of aromatic nitrogens is 4. The first-order valence-corrected chi connectivity index (χ1v) is 10.1. The Labute approximate surface area is 170 Å². The van der Waals surface area contributed by atoms with Crippen LogP contribution in [0.1, 0.15) is 12.0 Å². The number of nitrogens with one attached hydrogen (secondary N) is 2. The summed E-state index contributed by atoms with van der Waals surface area (Å²) in [4.78, 5) is 32.7. The maximum absolute atomic E-state index is 12.2. The number of carbonyl (C=O) groups excluding carboxylic acids is 1. The minimum Gasteiger partial charge on any atom is -0.461 e. The molecule has 4 aromatic rings. The van der Waals surface area contributed by atoms with E-state index in [2.05, 4.69) is 32.5 Å². The minimum absolute atomic E-state index is 0.0936. The second-order valence-corrected chi connectivity index (χ2v) is 7.29. The second-order valence-electron chi connectivity index (χ2n) is 6.35. The van der Waals surface area contributed by atoms with Crippen LogP contribution in [0.2, 0.25) is 0 Å². The summed E-state index contributed by atoms with van der Waals surface area (Å²) in [6, 6.07) is 15.0. The van der Waals surface area contributed by atoms with Crippen molar-refractivity contribution in [1.29, 1.82) is 0 Å². The molecule has 29 heavy (non-hydrogen) atoms. The largest absolute Gasteiger partial charge is 0.461 e. The Kier molecular flexibility index (Phi) is 5.76. The molecule has 0 spiro atoms. The number of benzene rings is 1. The lowest BCUT2D eigenvalue weighted by atomic mass is 10.1. The van der Waals surface area contributed by atoms with E-state index < -0.39 is 0 Å². The highest BCUT2D eigenvalue weighted by Crippen LogP contribution is 2.21. The van der Waals surface area contributed by atoms with E-state index in [0.717, 1.165) is 12.8 Å². The maximum Gasteiger partial charge on any atom is 0.266 e. The summed E-state index contributed by atoms with van der Waals surface area (Å²) in [6.45, 7) is 0.603. The van der Waals surface area contributed by atoms with Crippen LogP contribution < -0.4 is 10.9 Å². The first-order valence-electron chi connectivity index (χ1n) is 9.16.